The van der Waals surface area contributed by atoms with Gasteiger partial charge >= 0.3 is 0 Å². The second kappa shape index (κ2) is 7.08. The highest BCUT2D eigenvalue weighted by molar-refractivity contribution is 5.93. The monoisotopic (exact) mass is 384 g/mol. The molecule has 1 spiro atoms. The molecule has 1 aromatic rings. The summed E-state index contributed by atoms with van der Waals surface area (Å²) in [6, 6.07) is 4.51. The lowest BCUT2D eigenvalue weighted by Crippen LogP contribution is -2.44. The molecule has 6 nitrogen and oxygen atoms in total. The van der Waals surface area contributed by atoms with Crippen LogP contribution in [0.4, 0.5) is 0 Å². The summed E-state index contributed by atoms with van der Waals surface area (Å²) in [7, 11) is 2.22. The minimum atomic E-state index is -0.0555. The Bertz CT molecular complexity index is 748. The van der Waals surface area contributed by atoms with Crippen LogP contribution in [0.5, 0.6) is 0 Å². The number of aromatic nitrogens is 1. The first kappa shape index (κ1) is 18.5. The molecule has 0 radical (unpaired) electrons. The maximum Gasteiger partial charge on any atom is 0.270 e. The van der Waals surface area contributed by atoms with E-state index in [4.69, 9.17) is 4.74 Å². The predicted molar refractivity (Wildman–Crippen MR) is 107 cm³/mol. The van der Waals surface area contributed by atoms with Gasteiger partial charge in [0.25, 0.3) is 5.91 Å². The van der Waals surface area contributed by atoms with Crippen molar-refractivity contribution < 1.29 is 9.53 Å². The highest BCUT2D eigenvalue weighted by atomic mass is 16.5. The fraction of sp³-hybridized carbons (Fsp3) is 0.727. The summed E-state index contributed by atoms with van der Waals surface area (Å²) in [5, 5.41) is 3.17. The third-order valence-corrected chi connectivity index (χ3v) is 7.74. The molecule has 1 amide bonds. The van der Waals surface area contributed by atoms with Crippen LogP contribution in [0, 0.1) is 18.8 Å². The standard InChI is InChI=1S/C22H32N4O2/c1-15-4-3-9-23-20(15)21(27)24-12-17-18-13-26(16-6-10-25(2)11-7-16)14-22(18)8-5-19(17)28-22/h3-4,9,16-19H,5-8,10-14H2,1-2H3,(H,24,27)/t17-,18+,19+,22+/m0/s1. The van der Waals surface area contributed by atoms with Gasteiger partial charge in [-0.05, 0) is 64.4 Å². The highest BCUT2D eigenvalue weighted by Gasteiger charge is 2.63. The minimum absolute atomic E-state index is 0.0460. The summed E-state index contributed by atoms with van der Waals surface area (Å²) in [5.74, 6) is 0.925. The zero-order valence-electron chi connectivity index (χ0n) is 17.1. The second-order valence-electron chi connectivity index (χ2n) is 9.37. The van der Waals surface area contributed by atoms with E-state index >= 15 is 0 Å². The Morgan fingerprint density at radius 3 is 2.96 bits per heavy atom. The van der Waals surface area contributed by atoms with E-state index in [1.54, 1.807) is 6.20 Å². The van der Waals surface area contributed by atoms with Crippen LogP contribution in [-0.4, -0.2) is 78.2 Å². The molecule has 0 aliphatic carbocycles. The van der Waals surface area contributed by atoms with E-state index in [9.17, 15) is 4.79 Å². The number of amides is 1. The third-order valence-electron chi connectivity index (χ3n) is 7.74. The Morgan fingerprint density at radius 2 is 2.18 bits per heavy atom. The highest BCUT2D eigenvalue weighted by Crippen LogP contribution is 2.55. The number of hydrogen-bond donors (Lipinski definition) is 1. The molecule has 4 aliphatic rings. The van der Waals surface area contributed by atoms with E-state index in [1.165, 1.54) is 32.4 Å². The zero-order chi connectivity index (χ0) is 19.3. The van der Waals surface area contributed by atoms with Crippen molar-refractivity contribution in [3.63, 3.8) is 0 Å². The molecular weight excluding hydrogens is 352 g/mol. The zero-order valence-corrected chi connectivity index (χ0v) is 17.1. The average Bonchev–Trinajstić information content (AvgIpc) is 3.35. The van der Waals surface area contributed by atoms with Crippen molar-refractivity contribution in [3.05, 3.63) is 29.6 Å². The third kappa shape index (κ3) is 3.06. The fourth-order valence-corrected chi connectivity index (χ4v) is 6.16. The average molecular weight is 385 g/mol. The Morgan fingerprint density at radius 1 is 1.36 bits per heavy atom. The first-order valence-electron chi connectivity index (χ1n) is 10.9. The van der Waals surface area contributed by atoms with Crippen molar-refractivity contribution in [3.8, 4) is 0 Å². The Balaban J connectivity index is 1.24. The number of nitrogens with one attached hydrogen (secondary N) is 1. The molecule has 5 heterocycles. The van der Waals surface area contributed by atoms with E-state index in [-0.39, 0.29) is 11.5 Å². The normalized spacial score (nSPS) is 36.0. The van der Waals surface area contributed by atoms with Gasteiger partial charge < -0.3 is 15.0 Å². The van der Waals surface area contributed by atoms with Gasteiger partial charge in [-0.25, -0.2) is 0 Å². The van der Waals surface area contributed by atoms with Gasteiger partial charge in [-0.2, -0.15) is 0 Å². The van der Waals surface area contributed by atoms with Crippen molar-refractivity contribution >= 4 is 5.91 Å². The molecule has 0 saturated carbocycles. The number of carbonyl (C=O) groups excluding carboxylic acids is 1. The maximum atomic E-state index is 12.6. The fourth-order valence-electron chi connectivity index (χ4n) is 6.16. The number of nitrogens with zero attached hydrogens (tertiary/aromatic N) is 3. The number of likely N-dealkylation sites (tertiary alicyclic amines) is 2. The maximum absolute atomic E-state index is 12.6. The molecule has 5 rings (SSSR count). The Labute approximate surface area is 167 Å². The Kier molecular flexibility index (Phi) is 4.68. The lowest BCUT2D eigenvalue weighted by atomic mass is 9.73. The molecule has 4 atom stereocenters. The predicted octanol–water partition coefficient (Wildman–Crippen LogP) is 1.69. The van der Waals surface area contributed by atoms with E-state index in [2.05, 4.69) is 27.1 Å². The minimum Gasteiger partial charge on any atom is -0.370 e. The molecule has 0 unspecified atom stereocenters. The molecule has 28 heavy (non-hydrogen) atoms. The van der Waals surface area contributed by atoms with Crippen LogP contribution in [0.25, 0.3) is 0 Å². The first-order chi connectivity index (χ1) is 13.6. The van der Waals surface area contributed by atoms with Crippen molar-refractivity contribution in [1.29, 1.82) is 0 Å². The van der Waals surface area contributed by atoms with Gasteiger partial charge in [0.2, 0.25) is 0 Å². The van der Waals surface area contributed by atoms with Gasteiger partial charge in [-0.3, -0.25) is 14.7 Å². The number of carbonyl (C=O) groups is 1. The number of hydrogen-bond acceptors (Lipinski definition) is 5. The molecule has 4 fully saturated rings. The van der Waals surface area contributed by atoms with Crippen molar-refractivity contribution in [2.45, 2.75) is 50.4 Å². The van der Waals surface area contributed by atoms with E-state index in [0.29, 0.717) is 36.2 Å². The molecule has 4 saturated heterocycles. The molecule has 2 bridgehead atoms. The number of aryl methyl sites for hydroxylation is 1. The number of pyridine rings is 1. The van der Waals surface area contributed by atoms with Crippen molar-refractivity contribution in [2.24, 2.45) is 11.8 Å². The van der Waals surface area contributed by atoms with Crippen LogP contribution < -0.4 is 5.32 Å². The number of piperidine rings is 1. The lowest BCUT2D eigenvalue weighted by Gasteiger charge is -2.36. The number of rotatable bonds is 4. The largest absolute Gasteiger partial charge is 0.370 e. The van der Waals surface area contributed by atoms with Gasteiger partial charge in [-0.15, -0.1) is 0 Å². The quantitative estimate of drug-likeness (QED) is 0.856. The van der Waals surface area contributed by atoms with Crippen LogP contribution in [0.1, 0.15) is 41.7 Å². The SMILES string of the molecule is Cc1cccnc1C(=O)NC[C@H]1[C@H]2CN(C3CCN(C)CC3)C[C@]23CC[C@H]1O3. The molecule has 1 aromatic heterocycles. The molecule has 6 heteroatoms. The van der Waals surface area contributed by atoms with Crippen LogP contribution in [-0.2, 0) is 4.74 Å². The Hall–Kier alpha value is -1.50. The van der Waals surface area contributed by atoms with Crippen molar-refractivity contribution in [2.75, 3.05) is 39.8 Å². The van der Waals surface area contributed by atoms with Crippen LogP contribution >= 0.6 is 0 Å². The topological polar surface area (TPSA) is 57.7 Å². The van der Waals surface area contributed by atoms with Crippen LogP contribution in [0.3, 0.4) is 0 Å². The molecule has 0 aromatic carbocycles. The lowest BCUT2D eigenvalue weighted by molar-refractivity contribution is -0.00416. The summed E-state index contributed by atoms with van der Waals surface area (Å²) in [6.45, 7) is 7.26. The van der Waals surface area contributed by atoms with Crippen molar-refractivity contribution in [1.82, 2.24) is 20.1 Å². The van der Waals surface area contributed by atoms with Gasteiger partial charge in [-0.1, -0.05) is 6.07 Å². The molecular formula is C22H32N4O2. The van der Waals surface area contributed by atoms with Gasteiger partial charge in [0, 0.05) is 43.7 Å². The number of fused-ring (bicyclic) bond motifs is 1. The van der Waals surface area contributed by atoms with Gasteiger partial charge in [0.05, 0.1) is 11.7 Å². The summed E-state index contributed by atoms with van der Waals surface area (Å²) >= 11 is 0. The van der Waals surface area contributed by atoms with E-state index in [0.717, 1.165) is 25.1 Å². The van der Waals surface area contributed by atoms with E-state index in [1.807, 2.05) is 19.1 Å². The summed E-state index contributed by atoms with van der Waals surface area (Å²) in [6.07, 6.45) is 6.87. The van der Waals surface area contributed by atoms with Gasteiger partial charge in [0.15, 0.2) is 0 Å². The first-order valence-corrected chi connectivity index (χ1v) is 10.9. The second-order valence-corrected chi connectivity index (χ2v) is 9.37. The van der Waals surface area contributed by atoms with Crippen LogP contribution in [0.15, 0.2) is 18.3 Å². The molecule has 4 aliphatic heterocycles. The summed E-state index contributed by atoms with van der Waals surface area (Å²) in [4.78, 5) is 22.0. The van der Waals surface area contributed by atoms with E-state index < -0.39 is 0 Å². The van der Waals surface area contributed by atoms with Crippen LogP contribution in [0.2, 0.25) is 0 Å². The number of ether oxygens (including phenoxy) is 1. The summed E-state index contributed by atoms with van der Waals surface area (Å²) in [5.41, 5.74) is 1.51. The smallest absolute Gasteiger partial charge is 0.270 e. The molecule has 152 valence electrons. The molecule has 1 N–H and O–H groups in total. The van der Waals surface area contributed by atoms with Gasteiger partial charge in [0.1, 0.15) is 5.69 Å². The summed E-state index contributed by atoms with van der Waals surface area (Å²) < 4.78 is 6.58.